The number of fused-ring (bicyclic) bond motifs is 1. The lowest BCUT2D eigenvalue weighted by Gasteiger charge is -2.36. The van der Waals surface area contributed by atoms with E-state index in [2.05, 4.69) is 19.9 Å². The first-order valence-corrected chi connectivity index (χ1v) is 11.3. The predicted octanol–water partition coefficient (Wildman–Crippen LogP) is 3.11. The number of alkyl halides is 3. The van der Waals surface area contributed by atoms with Crippen LogP contribution in [0.25, 0.3) is 5.57 Å². The SMILES string of the molecule is C[C@H](O)C(=O)N1CCC(C2=C(c3ccncn3)C(c3cc(F)cc(C(F)(F)F)c3)=NC3CN23)CC1. The molecule has 1 N–H and O–H groups in total. The summed E-state index contributed by atoms with van der Waals surface area (Å²) in [6.45, 7) is 2.92. The normalized spacial score (nSPS) is 21.5. The minimum atomic E-state index is -4.71. The number of aromatic nitrogens is 2. The van der Waals surface area contributed by atoms with Crippen molar-refractivity contribution in [2.75, 3.05) is 19.6 Å². The van der Waals surface area contributed by atoms with Gasteiger partial charge in [0.1, 0.15) is 24.4 Å². The molecule has 2 fully saturated rings. The predicted molar refractivity (Wildman–Crippen MR) is 118 cm³/mol. The fourth-order valence-electron chi connectivity index (χ4n) is 4.85. The Kier molecular flexibility index (Phi) is 5.82. The van der Waals surface area contributed by atoms with Crippen LogP contribution in [0.2, 0.25) is 0 Å². The Hall–Kier alpha value is -3.34. The number of allylic oxidation sites excluding steroid dienone is 2. The highest BCUT2D eigenvalue weighted by molar-refractivity contribution is 6.32. The molecule has 4 heterocycles. The van der Waals surface area contributed by atoms with E-state index in [1.807, 2.05) is 0 Å². The number of benzene rings is 1. The summed E-state index contributed by atoms with van der Waals surface area (Å²) in [6, 6.07) is 4.11. The molecule has 1 aromatic carbocycles. The molecule has 184 valence electrons. The van der Waals surface area contributed by atoms with Crippen LogP contribution >= 0.6 is 0 Å². The molecule has 0 saturated carbocycles. The second-order valence-corrected chi connectivity index (χ2v) is 8.97. The maximum atomic E-state index is 14.3. The average Bonchev–Trinajstić information content (AvgIpc) is 3.61. The standard InChI is InChI=1S/C24H23F4N5O2/c1-13(34)23(35)32-6-3-14(4-7-32)22-20(18-2-5-29-12-30-18)21(31-19-11-33(19)22)15-8-16(24(26,27)28)10-17(25)9-15/h2,5,8-10,12-14,19,34H,3-4,6-7,11H2,1H3/t13-,19?,33?/m0/s1. The van der Waals surface area contributed by atoms with Crippen LogP contribution in [-0.4, -0.2) is 68.4 Å². The summed E-state index contributed by atoms with van der Waals surface area (Å²) >= 11 is 0. The number of hydrogen-bond donors (Lipinski definition) is 1. The van der Waals surface area contributed by atoms with Crippen LogP contribution in [0, 0.1) is 11.7 Å². The molecular formula is C24H23F4N5O2. The van der Waals surface area contributed by atoms with E-state index in [1.54, 1.807) is 11.0 Å². The van der Waals surface area contributed by atoms with E-state index in [-0.39, 0.29) is 29.3 Å². The summed E-state index contributed by atoms with van der Waals surface area (Å²) in [7, 11) is 0. The van der Waals surface area contributed by atoms with Gasteiger partial charge in [-0.1, -0.05) is 0 Å². The van der Waals surface area contributed by atoms with Crippen LogP contribution in [0.4, 0.5) is 17.6 Å². The van der Waals surface area contributed by atoms with Crippen molar-refractivity contribution >= 4 is 17.2 Å². The minimum Gasteiger partial charge on any atom is -0.384 e. The van der Waals surface area contributed by atoms with Crippen molar-refractivity contribution in [3.05, 3.63) is 65.1 Å². The number of rotatable bonds is 4. The van der Waals surface area contributed by atoms with E-state index in [1.165, 1.54) is 19.4 Å². The molecule has 0 radical (unpaired) electrons. The van der Waals surface area contributed by atoms with Crippen LogP contribution in [-0.2, 0) is 11.0 Å². The molecule has 35 heavy (non-hydrogen) atoms. The van der Waals surface area contributed by atoms with Gasteiger partial charge in [-0.25, -0.2) is 14.4 Å². The number of carbonyl (C=O) groups is 1. The third-order valence-electron chi connectivity index (χ3n) is 6.55. The molecule has 0 aliphatic carbocycles. The molecule has 3 aliphatic rings. The number of hydrogen-bond acceptors (Lipinski definition) is 6. The Bertz CT molecular complexity index is 1200. The monoisotopic (exact) mass is 489 g/mol. The van der Waals surface area contributed by atoms with Crippen LogP contribution in [0.1, 0.15) is 36.6 Å². The first-order valence-electron chi connectivity index (χ1n) is 11.3. The van der Waals surface area contributed by atoms with Gasteiger partial charge in [0.15, 0.2) is 0 Å². The number of amides is 1. The summed E-state index contributed by atoms with van der Waals surface area (Å²) < 4.78 is 54.7. The van der Waals surface area contributed by atoms with Gasteiger partial charge in [-0.3, -0.25) is 9.79 Å². The number of likely N-dealkylation sites (tertiary alicyclic amines) is 1. The summed E-state index contributed by atoms with van der Waals surface area (Å²) in [5.74, 6) is -1.34. The zero-order valence-corrected chi connectivity index (χ0v) is 18.8. The van der Waals surface area contributed by atoms with Gasteiger partial charge in [-0.15, -0.1) is 0 Å². The van der Waals surface area contributed by atoms with Gasteiger partial charge in [0.2, 0.25) is 0 Å². The summed E-state index contributed by atoms with van der Waals surface area (Å²) in [5.41, 5.74) is 1.16. The van der Waals surface area contributed by atoms with E-state index < -0.39 is 23.7 Å². The lowest BCUT2D eigenvalue weighted by Crippen LogP contribution is -2.44. The van der Waals surface area contributed by atoms with Crippen LogP contribution in [0.5, 0.6) is 0 Å². The molecule has 0 bridgehead atoms. The average molecular weight is 489 g/mol. The molecule has 2 aromatic rings. The lowest BCUT2D eigenvalue weighted by molar-refractivity contribution is -0.140. The zero-order valence-electron chi connectivity index (χ0n) is 18.8. The van der Waals surface area contributed by atoms with E-state index in [4.69, 9.17) is 0 Å². The minimum absolute atomic E-state index is 0.0100. The van der Waals surface area contributed by atoms with Crippen molar-refractivity contribution in [2.45, 2.75) is 38.2 Å². The van der Waals surface area contributed by atoms with Crippen molar-refractivity contribution in [1.82, 2.24) is 19.8 Å². The molecule has 2 atom stereocenters. The van der Waals surface area contributed by atoms with Gasteiger partial charge in [-0.05, 0) is 44.0 Å². The van der Waals surface area contributed by atoms with Gasteiger partial charge in [0.25, 0.3) is 5.91 Å². The fourth-order valence-corrected chi connectivity index (χ4v) is 4.85. The smallest absolute Gasteiger partial charge is 0.384 e. The number of aliphatic hydroxyl groups is 1. The van der Waals surface area contributed by atoms with Crippen LogP contribution in [0.15, 0.2) is 47.5 Å². The molecule has 0 spiro atoms. The van der Waals surface area contributed by atoms with Crippen molar-refractivity contribution in [1.29, 1.82) is 0 Å². The Morgan fingerprint density at radius 1 is 1.20 bits per heavy atom. The summed E-state index contributed by atoms with van der Waals surface area (Å²) in [6.07, 6.45) is -1.92. The van der Waals surface area contributed by atoms with Gasteiger partial charge >= 0.3 is 6.18 Å². The highest BCUT2D eigenvalue weighted by Gasteiger charge is 2.46. The third-order valence-corrected chi connectivity index (χ3v) is 6.55. The number of piperidine rings is 1. The Morgan fingerprint density at radius 3 is 2.57 bits per heavy atom. The zero-order chi connectivity index (χ0) is 24.9. The second kappa shape index (κ2) is 8.71. The molecule has 1 amide bonds. The second-order valence-electron chi connectivity index (χ2n) is 8.97. The molecule has 5 rings (SSSR count). The summed E-state index contributed by atoms with van der Waals surface area (Å²) in [5, 5.41) is 9.64. The van der Waals surface area contributed by atoms with Crippen molar-refractivity contribution in [3.63, 3.8) is 0 Å². The molecule has 1 aromatic heterocycles. The largest absolute Gasteiger partial charge is 0.416 e. The van der Waals surface area contributed by atoms with E-state index in [0.717, 1.165) is 17.8 Å². The molecule has 11 heteroatoms. The lowest BCUT2D eigenvalue weighted by atomic mass is 9.85. The van der Waals surface area contributed by atoms with E-state index in [9.17, 15) is 27.5 Å². The number of nitrogens with zero attached hydrogens (tertiary/aromatic N) is 5. The fraction of sp³-hybridized carbons (Fsp3) is 0.417. The number of aliphatic hydroxyl groups excluding tert-OH is 1. The van der Waals surface area contributed by atoms with Crippen molar-refractivity contribution in [3.8, 4) is 0 Å². The third kappa shape index (κ3) is 4.52. The van der Waals surface area contributed by atoms with Gasteiger partial charge in [-0.2, -0.15) is 13.2 Å². The highest BCUT2D eigenvalue weighted by Crippen LogP contribution is 2.44. The highest BCUT2D eigenvalue weighted by atomic mass is 19.4. The first-order chi connectivity index (χ1) is 16.6. The maximum Gasteiger partial charge on any atom is 0.416 e. The Labute approximate surface area is 198 Å². The molecular weight excluding hydrogens is 466 g/mol. The van der Waals surface area contributed by atoms with Crippen molar-refractivity contribution in [2.24, 2.45) is 10.9 Å². The first kappa shape index (κ1) is 23.4. The maximum absolute atomic E-state index is 14.3. The van der Waals surface area contributed by atoms with Gasteiger partial charge in [0, 0.05) is 42.0 Å². The number of aliphatic imine (C=N–C) groups is 1. The molecule has 3 aliphatic heterocycles. The van der Waals surface area contributed by atoms with Crippen LogP contribution in [0.3, 0.4) is 0 Å². The number of halogens is 4. The van der Waals surface area contributed by atoms with Gasteiger partial charge < -0.3 is 14.9 Å². The topological polar surface area (TPSA) is 81.7 Å². The Balaban J connectivity index is 1.58. The van der Waals surface area contributed by atoms with E-state index in [0.29, 0.717) is 49.8 Å². The molecule has 7 nitrogen and oxygen atoms in total. The quantitative estimate of drug-likeness (QED) is 0.527. The summed E-state index contributed by atoms with van der Waals surface area (Å²) in [4.78, 5) is 28.8. The Morgan fingerprint density at radius 2 is 1.94 bits per heavy atom. The van der Waals surface area contributed by atoms with E-state index >= 15 is 0 Å². The number of carbonyl (C=O) groups excluding carboxylic acids is 1. The van der Waals surface area contributed by atoms with Crippen molar-refractivity contribution < 1.29 is 27.5 Å². The molecule has 1 unspecified atom stereocenters. The molecule has 2 saturated heterocycles. The van der Waals surface area contributed by atoms with Gasteiger partial charge in [0.05, 0.1) is 23.5 Å². The van der Waals surface area contributed by atoms with Crippen LogP contribution < -0.4 is 0 Å².